The fraction of sp³-hybridized carbons (Fsp3) is 0.423. The molecule has 0 fully saturated rings. The van der Waals surface area contributed by atoms with E-state index in [0.29, 0.717) is 22.6 Å². The Morgan fingerprint density at radius 3 is 1.26 bits per heavy atom. The molecule has 2 aromatic rings. The van der Waals surface area contributed by atoms with E-state index in [9.17, 15) is 16.8 Å². The lowest BCUT2D eigenvalue weighted by molar-refractivity contribution is 0.376. The summed E-state index contributed by atoms with van der Waals surface area (Å²) in [6.07, 6.45) is 27.6. The zero-order chi connectivity index (χ0) is 42.7. The summed E-state index contributed by atoms with van der Waals surface area (Å²) >= 11 is 0. The van der Waals surface area contributed by atoms with Crippen LogP contribution in [-0.4, -0.2) is 27.3 Å². The van der Waals surface area contributed by atoms with Crippen molar-refractivity contribution in [2.45, 2.75) is 141 Å². The third-order valence-electron chi connectivity index (χ3n) is 11.9. The lowest BCUT2D eigenvalue weighted by atomic mass is 9.72. The van der Waals surface area contributed by atoms with Gasteiger partial charge in [0.25, 0.3) is 0 Å². The molecule has 0 aliphatic heterocycles. The van der Waals surface area contributed by atoms with Gasteiger partial charge < -0.3 is 0 Å². The smallest absolute Gasteiger partial charge is 0.185 e. The Morgan fingerprint density at radius 1 is 0.586 bits per heavy atom. The van der Waals surface area contributed by atoms with Gasteiger partial charge in [0.05, 0.1) is 20.3 Å². The van der Waals surface area contributed by atoms with Crippen molar-refractivity contribution in [3.05, 3.63) is 166 Å². The van der Waals surface area contributed by atoms with Gasteiger partial charge in [0.15, 0.2) is 19.7 Å². The Balaban J connectivity index is 1.57. The first kappa shape index (κ1) is 46.7. The van der Waals surface area contributed by atoms with E-state index in [1.165, 1.54) is 35.1 Å². The van der Waals surface area contributed by atoms with E-state index >= 15 is 0 Å². The molecule has 0 radical (unpaired) electrons. The number of allylic oxidation sites excluding steroid dienone is 16. The number of rotatable bonds is 16. The Kier molecular flexibility index (Phi) is 16.3. The zero-order valence-electron chi connectivity index (χ0n) is 36.8. The molecule has 312 valence electrons. The van der Waals surface area contributed by atoms with Gasteiger partial charge in [-0.25, -0.2) is 16.8 Å². The van der Waals surface area contributed by atoms with Crippen LogP contribution in [0.5, 0.6) is 0 Å². The molecule has 0 aromatic heterocycles. The monoisotopic (exact) mass is 820 g/mol. The predicted molar refractivity (Wildman–Crippen MR) is 247 cm³/mol. The summed E-state index contributed by atoms with van der Waals surface area (Å²) in [5.74, 6) is 0. The Bertz CT molecular complexity index is 2090. The summed E-state index contributed by atoms with van der Waals surface area (Å²) in [5, 5.41) is -1.48. The molecule has 2 unspecified atom stereocenters. The average molecular weight is 821 g/mol. The quantitative estimate of drug-likeness (QED) is 0.158. The van der Waals surface area contributed by atoms with Gasteiger partial charge in [0.2, 0.25) is 0 Å². The van der Waals surface area contributed by atoms with E-state index in [-0.39, 0.29) is 10.8 Å². The minimum Gasteiger partial charge on any atom is -0.223 e. The van der Waals surface area contributed by atoms with Gasteiger partial charge in [-0.15, -0.1) is 0 Å². The first-order valence-corrected chi connectivity index (χ1v) is 24.0. The van der Waals surface area contributed by atoms with Gasteiger partial charge >= 0.3 is 0 Å². The van der Waals surface area contributed by atoms with Crippen LogP contribution in [0.25, 0.3) is 0 Å². The molecular formula is C52H68O4S2. The first-order chi connectivity index (χ1) is 27.2. The molecule has 4 nitrogen and oxygen atoms in total. The maximum absolute atomic E-state index is 14.0. The van der Waals surface area contributed by atoms with Gasteiger partial charge in [0, 0.05) is 0 Å². The Hall–Kier alpha value is -4.00. The first-order valence-electron chi connectivity index (χ1n) is 20.9. The van der Waals surface area contributed by atoms with Gasteiger partial charge in [-0.3, -0.25) is 0 Å². The maximum atomic E-state index is 14.0. The van der Waals surface area contributed by atoms with E-state index in [1.54, 1.807) is 48.5 Å². The van der Waals surface area contributed by atoms with Crippen LogP contribution in [0.2, 0.25) is 0 Å². The van der Waals surface area contributed by atoms with Crippen molar-refractivity contribution in [2.24, 2.45) is 10.8 Å². The molecule has 2 atom stereocenters. The molecule has 0 amide bonds. The van der Waals surface area contributed by atoms with Crippen LogP contribution in [0.1, 0.15) is 121 Å². The molecule has 2 aromatic carbocycles. The molecule has 4 rings (SSSR count). The molecule has 0 N–H and O–H groups in total. The van der Waals surface area contributed by atoms with Crippen molar-refractivity contribution in [3.8, 4) is 0 Å². The van der Waals surface area contributed by atoms with E-state index in [2.05, 4.69) is 65.8 Å². The second kappa shape index (κ2) is 20.3. The fourth-order valence-corrected chi connectivity index (χ4v) is 12.0. The van der Waals surface area contributed by atoms with Crippen LogP contribution >= 0.6 is 0 Å². The third kappa shape index (κ3) is 12.7. The van der Waals surface area contributed by atoms with E-state index in [4.69, 9.17) is 0 Å². The molecule has 0 heterocycles. The minimum atomic E-state index is -3.66. The van der Waals surface area contributed by atoms with Crippen molar-refractivity contribution in [1.29, 1.82) is 0 Å². The summed E-state index contributed by atoms with van der Waals surface area (Å²) in [6.45, 7) is 21.4. The van der Waals surface area contributed by atoms with E-state index in [0.717, 1.165) is 48.0 Å². The SMILES string of the molecule is CC1=C(/C=C/C(C)=C/C(C/C(C)=C/C=C/C=C(\C)CC(/C=C(C)/C=C/C2=C(C)CCCC2(C)C)S(=O)(=O)c2ccccc2)S(=O)(=O)c2ccccc2)C(C)(C)CCC1. The molecule has 0 spiro atoms. The fourth-order valence-electron chi connectivity index (χ4n) is 8.44. The van der Waals surface area contributed by atoms with Crippen LogP contribution in [0, 0.1) is 10.8 Å². The van der Waals surface area contributed by atoms with Gasteiger partial charge in [-0.05, 0) is 139 Å². The molecule has 0 bridgehead atoms. The molecule has 0 saturated carbocycles. The summed E-state index contributed by atoms with van der Waals surface area (Å²) < 4.78 is 56.1. The van der Waals surface area contributed by atoms with Crippen molar-refractivity contribution in [1.82, 2.24) is 0 Å². The van der Waals surface area contributed by atoms with Gasteiger partial charge in [-0.1, -0.05) is 158 Å². The molecule has 2 aliphatic carbocycles. The largest absolute Gasteiger partial charge is 0.223 e. The molecular weight excluding hydrogens is 753 g/mol. The van der Waals surface area contributed by atoms with Crippen molar-refractivity contribution in [2.75, 3.05) is 0 Å². The van der Waals surface area contributed by atoms with Crippen LogP contribution in [0.4, 0.5) is 0 Å². The van der Waals surface area contributed by atoms with E-state index in [1.807, 2.05) is 76.3 Å². The second-order valence-electron chi connectivity index (χ2n) is 18.0. The van der Waals surface area contributed by atoms with Gasteiger partial charge in [0.1, 0.15) is 0 Å². The summed E-state index contributed by atoms with van der Waals surface area (Å²) in [7, 11) is -7.32. The van der Waals surface area contributed by atoms with Crippen molar-refractivity contribution in [3.63, 3.8) is 0 Å². The maximum Gasteiger partial charge on any atom is 0.185 e. The van der Waals surface area contributed by atoms with Crippen LogP contribution in [0.3, 0.4) is 0 Å². The standard InChI is InChI=1S/C52H68O4S2/c1-39(35-47(57(53,54)45-25-13-11-14-26-45)37-41(3)29-31-49-43(5)23-19-33-51(49,7)8)21-17-18-22-40(2)36-48(58(55,56)46-27-15-12-16-28-46)38-42(4)30-32-50-44(6)24-20-34-52(50,9)10/h11-18,21-22,25-32,37-38,47-48H,19-20,23-24,33-36H2,1-10H3/b18-17+,31-29+,32-30+,39-21+,40-22+,41-37+,42-38+. The molecule has 0 saturated heterocycles. The van der Waals surface area contributed by atoms with Gasteiger partial charge in [-0.2, -0.15) is 0 Å². The Labute approximate surface area is 352 Å². The zero-order valence-corrected chi connectivity index (χ0v) is 38.4. The number of sulfone groups is 2. The van der Waals surface area contributed by atoms with E-state index < -0.39 is 30.2 Å². The van der Waals surface area contributed by atoms with Crippen molar-refractivity contribution < 1.29 is 16.8 Å². The molecule has 6 heteroatoms. The summed E-state index contributed by atoms with van der Waals surface area (Å²) in [6, 6.07) is 17.4. The lowest BCUT2D eigenvalue weighted by Gasteiger charge is -2.33. The van der Waals surface area contributed by atoms with Crippen LogP contribution in [0.15, 0.2) is 176 Å². The highest BCUT2D eigenvalue weighted by Crippen LogP contribution is 2.42. The number of benzene rings is 2. The third-order valence-corrected chi connectivity index (χ3v) is 15.9. The highest BCUT2D eigenvalue weighted by atomic mass is 32.2. The average Bonchev–Trinajstić information content (AvgIpc) is 3.15. The lowest BCUT2D eigenvalue weighted by Crippen LogP contribution is -2.20. The number of hydrogen-bond donors (Lipinski definition) is 0. The topological polar surface area (TPSA) is 68.3 Å². The Morgan fingerprint density at radius 2 is 0.931 bits per heavy atom. The number of hydrogen-bond acceptors (Lipinski definition) is 4. The molecule has 58 heavy (non-hydrogen) atoms. The second-order valence-corrected chi connectivity index (χ2v) is 22.3. The highest BCUT2D eigenvalue weighted by Gasteiger charge is 2.29. The summed E-state index contributed by atoms with van der Waals surface area (Å²) in [5.41, 5.74) is 9.37. The predicted octanol–water partition coefficient (Wildman–Crippen LogP) is 14.0. The van der Waals surface area contributed by atoms with Crippen LogP contribution < -0.4 is 0 Å². The normalized spacial score (nSPS) is 20.1. The minimum absolute atomic E-state index is 0.0976. The molecule has 2 aliphatic rings. The van der Waals surface area contributed by atoms with Crippen molar-refractivity contribution >= 4 is 19.7 Å². The highest BCUT2D eigenvalue weighted by molar-refractivity contribution is 7.92. The van der Waals surface area contributed by atoms with Crippen LogP contribution in [-0.2, 0) is 19.7 Å². The summed E-state index contributed by atoms with van der Waals surface area (Å²) in [4.78, 5) is 0.624.